The summed E-state index contributed by atoms with van der Waals surface area (Å²) in [5, 5.41) is 0. The topological polar surface area (TPSA) is 31.3 Å². The van der Waals surface area contributed by atoms with Crippen LogP contribution >= 0.6 is 0 Å². The van der Waals surface area contributed by atoms with Crippen molar-refractivity contribution in [1.82, 2.24) is 4.90 Å². The summed E-state index contributed by atoms with van der Waals surface area (Å²) >= 11 is 0. The summed E-state index contributed by atoms with van der Waals surface area (Å²) in [5.41, 5.74) is 2.66. The van der Waals surface area contributed by atoms with Crippen LogP contribution in [0, 0.1) is 5.82 Å². The van der Waals surface area contributed by atoms with E-state index in [0.717, 1.165) is 24.2 Å². The van der Waals surface area contributed by atoms with E-state index >= 15 is 0 Å². The molecular formula is C28H28F4N4O. The number of ether oxygens (including phenoxy) is 1. The molecule has 3 aromatic rings. The number of fused-ring (bicyclic) bond motifs is 1. The van der Waals surface area contributed by atoms with E-state index in [2.05, 4.69) is 35.0 Å². The Bertz CT molecular complexity index is 1320. The van der Waals surface area contributed by atoms with Crippen LogP contribution < -0.4 is 14.5 Å². The predicted molar refractivity (Wildman–Crippen MR) is 137 cm³/mol. The molecule has 0 N–H and O–H groups in total. The van der Waals surface area contributed by atoms with Crippen molar-refractivity contribution in [2.75, 3.05) is 43.1 Å². The number of aliphatic imine (C=N–C) groups is 1. The van der Waals surface area contributed by atoms with Crippen LogP contribution in [0.5, 0.6) is 5.75 Å². The lowest BCUT2D eigenvalue weighted by molar-refractivity contribution is -0.137. The lowest BCUT2D eigenvalue weighted by Crippen LogP contribution is -2.54. The van der Waals surface area contributed by atoms with Gasteiger partial charge in [0.2, 0.25) is 5.96 Å². The number of nitrogens with zero attached hydrogens (tertiary/aromatic N) is 4. The molecule has 9 heteroatoms. The standard InChI is InChI=1S/C28H28F4N4O/c1-3-19-6-4-8-22(16-19)34-12-14-35(15-13-34)27-33-26-20(7-5-9-23(26)29)18-36(27)24-17-21(28(30,31)32)10-11-25(24)37-2/h4-11,16-17H,3,12-15,18H2,1-2H3. The molecule has 3 aromatic carbocycles. The van der Waals surface area contributed by atoms with Crippen LogP contribution in [0.25, 0.3) is 0 Å². The van der Waals surface area contributed by atoms with Crippen LogP contribution in [-0.4, -0.2) is 44.1 Å². The molecule has 0 aliphatic carbocycles. The third-order valence-corrected chi connectivity index (χ3v) is 6.90. The van der Waals surface area contributed by atoms with Crippen LogP contribution in [-0.2, 0) is 19.1 Å². The summed E-state index contributed by atoms with van der Waals surface area (Å²) in [6, 6.07) is 16.5. The minimum absolute atomic E-state index is 0.169. The van der Waals surface area contributed by atoms with Gasteiger partial charge < -0.3 is 19.4 Å². The third kappa shape index (κ3) is 4.95. The minimum atomic E-state index is -4.52. The first kappa shape index (κ1) is 24.9. The monoisotopic (exact) mass is 512 g/mol. The Kier molecular flexibility index (Phi) is 6.70. The highest BCUT2D eigenvalue weighted by Crippen LogP contribution is 2.40. The molecule has 0 atom stereocenters. The number of aryl methyl sites for hydroxylation is 1. The van der Waals surface area contributed by atoms with Crippen molar-refractivity contribution in [2.45, 2.75) is 26.1 Å². The maximum absolute atomic E-state index is 14.7. The highest BCUT2D eigenvalue weighted by Gasteiger charge is 2.35. The minimum Gasteiger partial charge on any atom is -0.495 e. The highest BCUT2D eigenvalue weighted by molar-refractivity contribution is 6.00. The lowest BCUT2D eigenvalue weighted by Gasteiger charge is -2.42. The molecule has 0 amide bonds. The number of benzene rings is 3. The van der Waals surface area contributed by atoms with E-state index in [9.17, 15) is 17.6 Å². The average molecular weight is 513 g/mol. The van der Waals surface area contributed by atoms with E-state index in [1.54, 1.807) is 17.0 Å². The molecule has 2 aliphatic rings. The van der Waals surface area contributed by atoms with Gasteiger partial charge in [0.15, 0.2) is 0 Å². The zero-order valence-corrected chi connectivity index (χ0v) is 20.7. The number of hydrogen-bond acceptors (Lipinski definition) is 5. The smallest absolute Gasteiger partial charge is 0.416 e. The van der Waals surface area contributed by atoms with Gasteiger partial charge in [0, 0.05) is 37.4 Å². The number of piperazine rings is 1. The second kappa shape index (κ2) is 9.95. The Morgan fingerprint density at radius 2 is 1.65 bits per heavy atom. The lowest BCUT2D eigenvalue weighted by atomic mass is 10.1. The van der Waals surface area contributed by atoms with Gasteiger partial charge in [-0.3, -0.25) is 0 Å². The molecule has 0 spiro atoms. The summed E-state index contributed by atoms with van der Waals surface area (Å²) in [4.78, 5) is 10.6. The molecule has 5 rings (SSSR count). The molecule has 0 saturated carbocycles. The van der Waals surface area contributed by atoms with E-state index in [1.165, 1.54) is 24.8 Å². The first-order chi connectivity index (χ1) is 17.8. The van der Waals surface area contributed by atoms with Gasteiger partial charge in [-0.15, -0.1) is 0 Å². The summed E-state index contributed by atoms with van der Waals surface area (Å²) in [7, 11) is 1.42. The molecule has 2 heterocycles. The zero-order chi connectivity index (χ0) is 26.2. The maximum Gasteiger partial charge on any atom is 0.416 e. The van der Waals surface area contributed by atoms with Gasteiger partial charge in [-0.2, -0.15) is 13.2 Å². The van der Waals surface area contributed by atoms with Crippen molar-refractivity contribution in [3.8, 4) is 5.75 Å². The summed E-state index contributed by atoms with van der Waals surface area (Å²) in [6.07, 6.45) is -3.57. The largest absolute Gasteiger partial charge is 0.495 e. The van der Waals surface area contributed by atoms with E-state index in [0.29, 0.717) is 37.7 Å². The fraction of sp³-hybridized carbons (Fsp3) is 0.321. The Morgan fingerprint density at radius 1 is 0.919 bits per heavy atom. The van der Waals surface area contributed by atoms with Crippen LogP contribution in [0.1, 0.15) is 23.6 Å². The first-order valence-electron chi connectivity index (χ1n) is 12.3. The van der Waals surface area contributed by atoms with E-state index in [1.807, 2.05) is 11.0 Å². The molecule has 1 fully saturated rings. The molecule has 0 radical (unpaired) electrons. The van der Waals surface area contributed by atoms with Gasteiger partial charge in [0.25, 0.3) is 0 Å². The normalized spacial score (nSPS) is 15.9. The van der Waals surface area contributed by atoms with E-state index in [4.69, 9.17) is 4.74 Å². The number of rotatable bonds is 4. The number of anilines is 2. The Hall–Kier alpha value is -3.75. The molecule has 194 valence electrons. The predicted octanol–water partition coefficient (Wildman–Crippen LogP) is 6.25. The number of hydrogen-bond donors (Lipinski definition) is 0. The second-order valence-electron chi connectivity index (χ2n) is 9.13. The SMILES string of the molecule is CCc1cccc(N2CCN(C3=Nc4c(F)cccc4CN3c3cc(C(F)(F)F)ccc3OC)CC2)c1. The van der Waals surface area contributed by atoms with Crippen molar-refractivity contribution in [2.24, 2.45) is 4.99 Å². The molecule has 0 aromatic heterocycles. The number of alkyl halides is 3. The number of para-hydroxylation sites is 1. The Morgan fingerprint density at radius 3 is 2.35 bits per heavy atom. The van der Waals surface area contributed by atoms with Crippen LogP contribution in [0.3, 0.4) is 0 Å². The van der Waals surface area contributed by atoms with Crippen molar-refractivity contribution in [3.63, 3.8) is 0 Å². The second-order valence-corrected chi connectivity index (χ2v) is 9.13. The maximum atomic E-state index is 14.7. The first-order valence-corrected chi connectivity index (χ1v) is 12.3. The highest BCUT2D eigenvalue weighted by atomic mass is 19.4. The number of halogens is 4. The van der Waals surface area contributed by atoms with Gasteiger partial charge in [-0.25, -0.2) is 9.38 Å². The van der Waals surface area contributed by atoms with Crippen molar-refractivity contribution >= 4 is 23.0 Å². The van der Waals surface area contributed by atoms with Crippen LogP contribution in [0.4, 0.5) is 34.6 Å². The molecular weight excluding hydrogens is 484 g/mol. The van der Waals surface area contributed by atoms with Crippen molar-refractivity contribution in [1.29, 1.82) is 0 Å². The fourth-order valence-corrected chi connectivity index (χ4v) is 4.86. The van der Waals surface area contributed by atoms with Gasteiger partial charge >= 0.3 is 6.18 Å². The van der Waals surface area contributed by atoms with Crippen molar-refractivity contribution in [3.05, 3.63) is 83.2 Å². The Labute approximate surface area is 213 Å². The molecule has 5 nitrogen and oxygen atoms in total. The number of guanidine groups is 1. The zero-order valence-electron chi connectivity index (χ0n) is 20.7. The van der Waals surface area contributed by atoms with Crippen LogP contribution in [0.2, 0.25) is 0 Å². The average Bonchev–Trinajstić information content (AvgIpc) is 2.92. The van der Waals surface area contributed by atoms with Gasteiger partial charge in [0.05, 0.1) is 24.9 Å². The van der Waals surface area contributed by atoms with E-state index < -0.39 is 17.6 Å². The van der Waals surface area contributed by atoms with Gasteiger partial charge in [0.1, 0.15) is 17.3 Å². The number of methoxy groups -OCH3 is 1. The molecule has 0 unspecified atom stereocenters. The van der Waals surface area contributed by atoms with E-state index in [-0.39, 0.29) is 23.7 Å². The summed E-state index contributed by atoms with van der Waals surface area (Å²) in [5.74, 6) is 0.244. The van der Waals surface area contributed by atoms with Crippen LogP contribution in [0.15, 0.2) is 65.7 Å². The Balaban J connectivity index is 1.50. The quantitative estimate of drug-likeness (QED) is 0.387. The fourth-order valence-electron chi connectivity index (χ4n) is 4.86. The van der Waals surface area contributed by atoms with Crippen molar-refractivity contribution < 1.29 is 22.3 Å². The molecule has 2 aliphatic heterocycles. The molecule has 37 heavy (non-hydrogen) atoms. The molecule has 0 bridgehead atoms. The third-order valence-electron chi connectivity index (χ3n) is 6.90. The summed E-state index contributed by atoms with van der Waals surface area (Å²) < 4.78 is 61.0. The van der Waals surface area contributed by atoms with Gasteiger partial charge in [-0.05, 0) is 48.4 Å². The molecule has 1 saturated heterocycles. The summed E-state index contributed by atoms with van der Waals surface area (Å²) in [6.45, 7) is 4.84. The van der Waals surface area contributed by atoms with Gasteiger partial charge in [-0.1, -0.05) is 31.2 Å².